The molecule has 2 aliphatic heterocycles. The Labute approximate surface area is 73.3 Å². The Hall–Kier alpha value is -1.18. The number of hydrogen-bond donors (Lipinski definition) is 1. The molecular weight excluding hydrogens is 148 g/mol. The van der Waals surface area contributed by atoms with Crippen LogP contribution in [0.25, 0.3) is 0 Å². The van der Waals surface area contributed by atoms with E-state index < -0.39 is 0 Å². The zero-order chi connectivity index (χ0) is 8.55. The SMILES string of the molecule is CCC1=CNC2C=CC=C(C)N12. The van der Waals surface area contributed by atoms with Crippen LogP contribution in [-0.4, -0.2) is 11.1 Å². The number of rotatable bonds is 1. The quantitative estimate of drug-likeness (QED) is 0.634. The van der Waals surface area contributed by atoms with E-state index in [2.05, 4.69) is 48.5 Å². The van der Waals surface area contributed by atoms with E-state index in [0.29, 0.717) is 6.17 Å². The molecule has 2 nitrogen and oxygen atoms in total. The number of nitrogens with one attached hydrogen (secondary N) is 1. The highest BCUT2D eigenvalue weighted by Crippen LogP contribution is 2.25. The first-order chi connectivity index (χ1) is 5.83. The summed E-state index contributed by atoms with van der Waals surface area (Å²) in [5, 5.41) is 3.33. The van der Waals surface area contributed by atoms with Crippen LogP contribution in [0.15, 0.2) is 35.8 Å². The predicted octanol–water partition coefficient (Wildman–Crippen LogP) is 1.94. The minimum absolute atomic E-state index is 0.366. The molecule has 0 bridgehead atoms. The lowest BCUT2D eigenvalue weighted by Crippen LogP contribution is -2.35. The van der Waals surface area contributed by atoms with Gasteiger partial charge in [0.2, 0.25) is 0 Å². The van der Waals surface area contributed by atoms with Crippen LogP contribution in [0.1, 0.15) is 20.3 Å². The summed E-state index contributed by atoms with van der Waals surface area (Å²) in [4.78, 5) is 2.33. The third-order valence-electron chi connectivity index (χ3n) is 2.38. The van der Waals surface area contributed by atoms with E-state index in [4.69, 9.17) is 0 Å². The predicted molar refractivity (Wildman–Crippen MR) is 50.0 cm³/mol. The number of allylic oxidation sites excluding steroid dienone is 4. The molecule has 0 fully saturated rings. The van der Waals surface area contributed by atoms with Crippen molar-refractivity contribution in [1.82, 2.24) is 10.2 Å². The lowest BCUT2D eigenvalue weighted by atomic mass is 10.2. The van der Waals surface area contributed by atoms with Gasteiger partial charge in [-0.15, -0.1) is 0 Å². The molecule has 0 saturated heterocycles. The van der Waals surface area contributed by atoms with Gasteiger partial charge in [-0.05, 0) is 25.5 Å². The Bertz CT molecular complexity index is 274. The number of hydrogen-bond acceptors (Lipinski definition) is 2. The van der Waals surface area contributed by atoms with Crippen molar-refractivity contribution in [3.63, 3.8) is 0 Å². The van der Waals surface area contributed by atoms with Crippen molar-refractivity contribution in [1.29, 1.82) is 0 Å². The van der Waals surface area contributed by atoms with Gasteiger partial charge in [-0.1, -0.05) is 13.0 Å². The van der Waals surface area contributed by atoms with Crippen molar-refractivity contribution in [2.24, 2.45) is 0 Å². The van der Waals surface area contributed by atoms with Gasteiger partial charge in [0.1, 0.15) is 6.17 Å². The molecule has 1 unspecified atom stereocenters. The van der Waals surface area contributed by atoms with E-state index in [1.807, 2.05) is 0 Å². The lowest BCUT2D eigenvalue weighted by molar-refractivity contribution is 0.361. The average molecular weight is 162 g/mol. The molecule has 0 aromatic heterocycles. The van der Waals surface area contributed by atoms with Crippen LogP contribution < -0.4 is 5.32 Å². The Morgan fingerprint density at radius 1 is 1.58 bits per heavy atom. The highest BCUT2D eigenvalue weighted by Gasteiger charge is 2.24. The molecule has 0 aromatic carbocycles. The number of fused-ring (bicyclic) bond motifs is 1. The summed E-state index contributed by atoms with van der Waals surface area (Å²) in [5.74, 6) is 0. The standard InChI is InChI=1S/C10H14N2/c1-3-9-7-11-10-6-4-5-8(2)12(9)10/h4-7,10-11H,3H2,1-2H3. The van der Waals surface area contributed by atoms with Crippen LogP contribution in [0.2, 0.25) is 0 Å². The molecule has 2 heterocycles. The first-order valence-electron chi connectivity index (χ1n) is 4.42. The fourth-order valence-electron chi connectivity index (χ4n) is 1.74. The molecule has 0 aliphatic carbocycles. The minimum Gasteiger partial charge on any atom is -0.366 e. The van der Waals surface area contributed by atoms with Gasteiger partial charge in [0.05, 0.1) is 0 Å². The topological polar surface area (TPSA) is 15.3 Å². The van der Waals surface area contributed by atoms with Crippen molar-refractivity contribution >= 4 is 0 Å². The van der Waals surface area contributed by atoms with Gasteiger partial charge in [-0.3, -0.25) is 0 Å². The van der Waals surface area contributed by atoms with E-state index in [9.17, 15) is 0 Å². The largest absolute Gasteiger partial charge is 0.366 e. The van der Waals surface area contributed by atoms with Crippen LogP contribution in [0.5, 0.6) is 0 Å². The molecule has 0 amide bonds. The maximum Gasteiger partial charge on any atom is 0.122 e. The van der Waals surface area contributed by atoms with E-state index in [1.54, 1.807) is 0 Å². The summed E-state index contributed by atoms with van der Waals surface area (Å²) >= 11 is 0. The molecule has 12 heavy (non-hydrogen) atoms. The van der Waals surface area contributed by atoms with Crippen LogP contribution in [0, 0.1) is 0 Å². The zero-order valence-electron chi connectivity index (χ0n) is 7.54. The Morgan fingerprint density at radius 3 is 3.17 bits per heavy atom. The monoisotopic (exact) mass is 162 g/mol. The van der Waals surface area contributed by atoms with Gasteiger partial charge in [0.25, 0.3) is 0 Å². The molecule has 1 N–H and O–H groups in total. The average Bonchev–Trinajstić information content (AvgIpc) is 2.49. The second kappa shape index (κ2) is 2.70. The van der Waals surface area contributed by atoms with Gasteiger partial charge in [-0.2, -0.15) is 0 Å². The summed E-state index contributed by atoms with van der Waals surface area (Å²) in [6.45, 7) is 4.33. The summed E-state index contributed by atoms with van der Waals surface area (Å²) in [6, 6.07) is 0. The summed E-state index contributed by atoms with van der Waals surface area (Å²) in [6.07, 6.45) is 9.99. The van der Waals surface area contributed by atoms with Gasteiger partial charge in [0, 0.05) is 17.6 Å². The first-order valence-corrected chi connectivity index (χ1v) is 4.42. The number of nitrogens with zero attached hydrogens (tertiary/aromatic N) is 1. The first kappa shape index (κ1) is 7.47. The highest BCUT2D eigenvalue weighted by molar-refractivity contribution is 5.28. The minimum atomic E-state index is 0.366. The second-order valence-electron chi connectivity index (χ2n) is 3.16. The molecule has 0 spiro atoms. The van der Waals surface area contributed by atoms with Crippen molar-refractivity contribution < 1.29 is 0 Å². The molecule has 2 rings (SSSR count). The fourth-order valence-corrected chi connectivity index (χ4v) is 1.74. The Morgan fingerprint density at radius 2 is 2.42 bits per heavy atom. The van der Waals surface area contributed by atoms with Crippen molar-refractivity contribution in [2.45, 2.75) is 26.4 Å². The molecule has 1 atom stereocenters. The second-order valence-corrected chi connectivity index (χ2v) is 3.16. The van der Waals surface area contributed by atoms with Crippen molar-refractivity contribution in [3.8, 4) is 0 Å². The third kappa shape index (κ3) is 0.951. The smallest absolute Gasteiger partial charge is 0.122 e. The van der Waals surface area contributed by atoms with E-state index in [-0.39, 0.29) is 0 Å². The molecule has 64 valence electrons. The fraction of sp³-hybridized carbons (Fsp3) is 0.400. The van der Waals surface area contributed by atoms with Gasteiger partial charge >= 0.3 is 0 Å². The summed E-state index contributed by atoms with van der Waals surface area (Å²) in [7, 11) is 0. The molecule has 2 aliphatic rings. The van der Waals surface area contributed by atoms with Crippen LogP contribution >= 0.6 is 0 Å². The van der Waals surface area contributed by atoms with Crippen LogP contribution in [-0.2, 0) is 0 Å². The molecule has 2 heteroatoms. The Kier molecular flexibility index (Phi) is 1.68. The summed E-state index contributed by atoms with van der Waals surface area (Å²) in [5.41, 5.74) is 2.69. The molecule has 0 saturated carbocycles. The zero-order valence-corrected chi connectivity index (χ0v) is 7.54. The normalized spacial score (nSPS) is 26.2. The molecule has 0 radical (unpaired) electrons. The van der Waals surface area contributed by atoms with Gasteiger partial charge < -0.3 is 10.2 Å². The third-order valence-corrected chi connectivity index (χ3v) is 2.38. The molecular formula is C10H14N2. The van der Waals surface area contributed by atoms with Gasteiger partial charge in [0.15, 0.2) is 0 Å². The van der Waals surface area contributed by atoms with E-state index in [0.717, 1.165) is 6.42 Å². The van der Waals surface area contributed by atoms with E-state index >= 15 is 0 Å². The van der Waals surface area contributed by atoms with E-state index in [1.165, 1.54) is 11.4 Å². The van der Waals surface area contributed by atoms with Crippen LogP contribution in [0.3, 0.4) is 0 Å². The van der Waals surface area contributed by atoms with Crippen molar-refractivity contribution in [2.75, 3.05) is 0 Å². The maximum absolute atomic E-state index is 3.33. The Balaban J connectivity index is 2.28. The molecule has 0 aromatic rings. The highest BCUT2D eigenvalue weighted by atomic mass is 15.3. The maximum atomic E-state index is 3.33. The van der Waals surface area contributed by atoms with Crippen molar-refractivity contribution in [3.05, 3.63) is 35.8 Å². The lowest BCUT2D eigenvalue weighted by Gasteiger charge is -2.29. The summed E-state index contributed by atoms with van der Waals surface area (Å²) < 4.78 is 0. The van der Waals surface area contributed by atoms with Gasteiger partial charge in [-0.25, -0.2) is 0 Å². The van der Waals surface area contributed by atoms with Crippen LogP contribution in [0.4, 0.5) is 0 Å².